The Balaban J connectivity index is 2.69. The van der Waals surface area contributed by atoms with Gasteiger partial charge < -0.3 is 10.1 Å². The van der Waals surface area contributed by atoms with Gasteiger partial charge in [-0.25, -0.2) is 18.0 Å². The average Bonchev–Trinajstić information content (AvgIpc) is 2.48. The Morgan fingerprint density at radius 2 is 1.86 bits per heavy atom. The van der Waals surface area contributed by atoms with Crippen molar-refractivity contribution >= 4 is 17.6 Å². The van der Waals surface area contributed by atoms with Gasteiger partial charge >= 0.3 is 5.97 Å². The second-order valence-corrected chi connectivity index (χ2v) is 4.18. The SMILES string of the molecule is C/C=C/C=C/C(=O)OC(C)C(=O)Nc1ccc(F)c(F)c1F. The first kappa shape index (κ1) is 17.5. The number of halogens is 3. The van der Waals surface area contributed by atoms with Crippen LogP contribution in [-0.2, 0) is 14.3 Å². The molecular weight excluding hydrogens is 299 g/mol. The highest BCUT2D eigenvalue weighted by atomic mass is 19.2. The lowest BCUT2D eigenvalue weighted by atomic mass is 10.2. The number of esters is 1. The van der Waals surface area contributed by atoms with Crippen LogP contribution in [0, 0.1) is 17.5 Å². The van der Waals surface area contributed by atoms with E-state index >= 15 is 0 Å². The van der Waals surface area contributed by atoms with E-state index in [4.69, 9.17) is 4.74 Å². The maximum absolute atomic E-state index is 13.4. The molecule has 118 valence electrons. The third-order valence-corrected chi connectivity index (χ3v) is 2.49. The molecular formula is C15H14F3NO3. The van der Waals surface area contributed by atoms with Gasteiger partial charge in [0.15, 0.2) is 23.6 Å². The van der Waals surface area contributed by atoms with Crippen LogP contribution < -0.4 is 5.32 Å². The monoisotopic (exact) mass is 313 g/mol. The predicted molar refractivity (Wildman–Crippen MR) is 74.5 cm³/mol. The Morgan fingerprint density at radius 1 is 1.18 bits per heavy atom. The number of carbonyl (C=O) groups is 2. The largest absolute Gasteiger partial charge is 0.449 e. The summed E-state index contributed by atoms with van der Waals surface area (Å²) in [5, 5.41) is 2.01. The number of rotatable bonds is 5. The second kappa shape index (κ2) is 8.02. The Kier molecular flexibility index (Phi) is 6.37. The van der Waals surface area contributed by atoms with E-state index in [0.717, 1.165) is 12.1 Å². The van der Waals surface area contributed by atoms with Crippen LogP contribution in [0.25, 0.3) is 0 Å². The van der Waals surface area contributed by atoms with Gasteiger partial charge in [-0.15, -0.1) is 0 Å². The molecule has 4 nitrogen and oxygen atoms in total. The fourth-order valence-corrected chi connectivity index (χ4v) is 1.37. The number of carbonyl (C=O) groups excluding carboxylic acids is 2. The Hall–Kier alpha value is -2.57. The first-order valence-corrected chi connectivity index (χ1v) is 6.31. The molecule has 0 aliphatic heterocycles. The van der Waals surface area contributed by atoms with Crippen molar-refractivity contribution in [2.45, 2.75) is 20.0 Å². The standard InChI is InChI=1S/C15H14F3NO3/c1-3-4-5-6-12(20)22-9(2)15(21)19-11-8-7-10(16)13(17)14(11)18/h3-9H,1-2H3,(H,19,21)/b4-3+,6-5+. The molecule has 1 atom stereocenters. The molecule has 0 fully saturated rings. The van der Waals surface area contributed by atoms with Crippen LogP contribution in [0.4, 0.5) is 18.9 Å². The molecule has 1 unspecified atom stereocenters. The molecule has 1 rings (SSSR count). The molecule has 0 aliphatic rings. The van der Waals surface area contributed by atoms with E-state index < -0.39 is 41.1 Å². The molecule has 0 aliphatic carbocycles. The average molecular weight is 313 g/mol. The molecule has 0 bridgehead atoms. The van der Waals surface area contributed by atoms with Gasteiger partial charge in [0.2, 0.25) is 0 Å². The lowest BCUT2D eigenvalue weighted by molar-refractivity contribution is -0.148. The normalized spacial score (nSPS) is 12.6. The number of ether oxygens (including phenoxy) is 1. The summed E-state index contributed by atoms with van der Waals surface area (Å²) in [6, 6.07) is 1.54. The van der Waals surface area contributed by atoms with Gasteiger partial charge in [0, 0.05) is 6.08 Å². The van der Waals surface area contributed by atoms with Gasteiger partial charge in [0.05, 0.1) is 5.69 Å². The summed E-state index contributed by atoms with van der Waals surface area (Å²) in [7, 11) is 0. The Labute approximate surface area is 125 Å². The quantitative estimate of drug-likeness (QED) is 0.393. The number of amides is 1. The number of allylic oxidation sites excluding steroid dienone is 3. The van der Waals surface area contributed by atoms with E-state index in [1.54, 1.807) is 19.1 Å². The van der Waals surface area contributed by atoms with Crippen LogP contribution in [0.1, 0.15) is 13.8 Å². The Bertz CT molecular complexity index is 627. The van der Waals surface area contributed by atoms with E-state index in [0.29, 0.717) is 6.07 Å². The zero-order valence-corrected chi connectivity index (χ0v) is 11.9. The van der Waals surface area contributed by atoms with Gasteiger partial charge in [-0.1, -0.05) is 18.2 Å². The minimum atomic E-state index is -1.70. The molecule has 0 heterocycles. The lowest BCUT2D eigenvalue weighted by Crippen LogP contribution is -2.29. The van der Waals surface area contributed by atoms with Crippen LogP contribution in [-0.4, -0.2) is 18.0 Å². The van der Waals surface area contributed by atoms with Crippen LogP contribution in [0.2, 0.25) is 0 Å². The molecule has 0 aromatic heterocycles. The minimum absolute atomic E-state index is 0.545. The van der Waals surface area contributed by atoms with Gasteiger partial charge in [-0.05, 0) is 26.0 Å². The fraction of sp³-hybridized carbons (Fsp3) is 0.200. The predicted octanol–water partition coefficient (Wildman–Crippen LogP) is 3.11. The molecule has 1 aromatic rings. The van der Waals surface area contributed by atoms with Gasteiger partial charge in [0.25, 0.3) is 5.91 Å². The van der Waals surface area contributed by atoms with Crippen molar-refractivity contribution in [2.75, 3.05) is 5.32 Å². The van der Waals surface area contributed by atoms with Crippen molar-refractivity contribution in [1.29, 1.82) is 0 Å². The van der Waals surface area contributed by atoms with E-state index in [1.807, 2.05) is 5.32 Å². The molecule has 1 amide bonds. The molecule has 0 saturated heterocycles. The second-order valence-electron chi connectivity index (χ2n) is 4.18. The van der Waals surface area contributed by atoms with Crippen LogP contribution in [0.3, 0.4) is 0 Å². The first-order valence-electron chi connectivity index (χ1n) is 6.31. The fourth-order valence-electron chi connectivity index (χ4n) is 1.37. The van der Waals surface area contributed by atoms with Crippen molar-refractivity contribution in [1.82, 2.24) is 0 Å². The number of nitrogens with one attached hydrogen (secondary N) is 1. The molecule has 1 N–H and O–H groups in total. The van der Waals surface area contributed by atoms with Crippen molar-refractivity contribution < 1.29 is 27.5 Å². The van der Waals surface area contributed by atoms with Crippen LogP contribution in [0.15, 0.2) is 36.4 Å². The molecule has 7 heteroatoms. The first-order chi connectivity index (χ1) is 10.4. The highest BCUT2D eigenvalue weighted by Crippen LogP contribution is 2.19. The highest BCUT2D eigenvalue weighted by molar-refractivity contribution is 5.96. The number of hydrogen-bond acceptors (Lipinski definition) is 3. The maximum atomic E-state index is 13.4. The van der Waals surface area contributed by atoms with E-state index in [-0.39, 0.29) is 0 Å². The highest BCUT2D eigenvalue weighted by Gasteiger charge is 2.20. The summed E-state index contributed by atoms with van der Waals surface area (Å²) >= 11 is 0. The summed E-state index contributed by atoms with van der Waals surface area (Å²) in [5.74, 6) is -6.25. The summed E-state index contributed by atoms with van der Waals surface area (Å²) < 4.78 is 43.9. The zero-order valence-electron chi connectivity index (χ0n) is 11.9. The topological polar surface area (TPSA) is 55.4 Å². The van der Waals surface area contributed by atoms with E-state index in [2.05, 4.69) is 0 Å². The third kappa shape index (κ3) is 4.76. The smallest absolute Gasteiger partial charge is 0.331 e. The summed E-state index contributed by atoms with van der Waals surface area (Å²) in [6.07, 6.45) is 4.55. The Morgan fingerprint density at radius 3 is 2.50 bits per heavy atom. The van der Waals surface area contributed by atoms with Crippen molar-refractivity contribution in [2.24, 2.45) is 0 Å². The minimum Gasteiger partial charge on any atom is -0.449 e. The van der Waals surface area contributed by atoms with Crippen LogP contribution in [0.5, 0.6) is 0 Å². The lowest BCUT2D eigenvalue weighted by Gasteiger charge is -2.13. The summed E-state index contributed by atoms with van der Waals surface area (Å²) in [4.78, 5) is 23.1. The van der Waals surface area contributed by atoms with Gasteiger partial charge in [-0.2, -0.15) is 0 Å². The number of hydrogen-bond donors (Lipinski definition) is 1. The maximum Gasteiger partial charge on any atom is 0.331 e. The third-order valence-electron chi connectivity index (χ3n) is 2.49. The number of anilines is 1. The van der Waals surface area contributed by atoms with Crippen molar-refractivity contribution in [3.63, 3.8) is 0 Å². The molecule has 0 saturated carbocycles. The van der Waals surface area contributed by atoms with Gasteiger partial charge in [-0.3, -0.25) is 4.79 Å². The molecule has 0 radical (unpaired) electrons. The summed E-state index contributed by atoms with van der Waals surface area (Å²) in [5.41, 5.74) is -0.545. The van der Waals surface area contributed by atoms with Gasteiger partial charge in [0.1, 0.15) is 0 Å². The molecule has 0 spiro atoms. The number of benzene rings is 1. The van der Waals surface area contributed by atoms with Crippen molar-refractivity contribution in [3.05, 3.63) is 53.9 Å². The van der Waals surface area contributed by atoms with Crippen LogP contribution >= 0.6 is 0 Å². The van der Waals surface area contributed by atoms with E-state index in [9.17, 15) is 22.8 Å². The van der Waals surface area contributed by atoms with Crippen molar-refractivity contribution in [3.8, 4) is 0 Å². The molecule has 22 heavy (non-hydrogen) atoms. The van der Waals surface area contributed by atoms with E-state index in [1.165, 1.54) is 13.0 Å². The zero-order chi connectivity index (χ0) is 16.7. The summed E-state index contributed by atoms with van der Waals surface area (Å²) in [6.45, 7) is 3.01. The molecule has 1 aromatic carbocycles.